The molecule has 0 bridgehead atoms. The van der Waals surface area contributed by atoms with Crippen LogP contribution >= 0.6 is 0 Å². The summed E-state index contributed by atoms with van der Waals surface area (Å²) in [6, 6.07) is 1.79. The zero-order chi connectivity index (χ0) is 6.97. The van der Waals surface area contributed by atoms with E-state index >= 15 is 0 Å². The Balaban J connectivity index is 2.51. The fraction of sp³-hybridized carbons (Fsp3) is 0.143. The van der Waals surface area contributed by atoms with Gasteiger partial charge in [-0.2, -0.15) is 0 Å². The molecule has 1 aliphatic heterocycles. The first-order valence-corrected chi connectivity index (χ1v) is 3.00. The van der Waals surface area contributed by atoms with Crippen molar-refractivity contribution in [1.29, 1.82) is 0 Å². The number of esters is 1. The van der Waals surface area contributed by atoms with Gasteiger partial charge in [-0.3, -0.25) is 9.78 Å². The Labute approximate surface area is 57.7 Å². The van der Waals surface area contributed by atoms with Crippen molar-refractivity contribution in [3.8, 4) is 5.75 Å². The Kier molecular flexibility index (Phi) is 0.974. The van der Waals surface area contributed by atoms with Crippen LogP contribution in [0.15, 0.2) is 18.5 Å². The Morgan fingerprint density at radius 1 is 1.60 bits per heavy atom. The van der Waals surface area contributed by atoms with Gasteiger partial charge in [-0.1, -0.05) is 0 Å². The molecular formula is C7H5NO2. The summed E-state index contributed by atoms with van der Waals surface area (Å²) in [4.78, 5) is 14.5. The maximum Gasteiger partial charge on any atom is 0.315 e. The lowest BCUT2D eigenvalue weighted by Crippen LogP contribution is -2.00. The molecule has 0 unspecified atom stereocenters. The standard InChI is InChI=1S/C7H5NO2/c9-7-3-5-1-2-8-4-6(5)10-7/h1-2,4H,3H2. The number of aromatic nitrogens is 1. The van der Waals surface area contributed by atoms with E-state index in [-0.39, 0.29) is 5.97 Å². The number of ether oxygens (including phenoxy) is 1. The number of pyridine rings is 1. The molecule has 50 valence electrons. The molecule has 1 aromatic rings. The first-order valence-electron chi connectivity index (χ1n) is 3.00. The predicted octanol–water partition coefficient (Wildman–Crippen LogP) is 0.543. The highest BCUT2D eigenvalue weighted by molar-refractivity contribution is 5.80. The van der Waals surface area contributed by atoms with Gasteiger partial charge in [-0.15, -0.1) is 0 Å². The minimum Gasteiger partial charge on any atom is -0.424 e. The SMILES string of the molecule is O=C1Cc2ccncc2O1. The molecule has 0 fully saturated rings. The van der Waals surface area contributed by atoms with Gasteiger partial charge in [-0.05, 0) is 6.07 Å². The molecule has 0 N–H and O–H groups in total. The van der Waals surface area contributed by atoms with E-state index in [9.17, 15) is 4.79 Å². The Bertz CT molecular complexity index is 256. The summed E-state index contributed by atoms with van der Waals surface area (Å²) >= 11 is 0. The van der Waals surface area contributed by atoms with E-state index in [1.165, 1.54) is 0 Å². The van der Waals surface area contributed by atoms with Crippen LogP contribution in [0.5, 0.6) is 5.75 Å². The highest BCUT2D eigenvalue weighted by Gasteiger charge is 2.18. The largest absolute Gasteiger partial charge is 0.424 e. The maximum atomic E-state index is 10.6. The van der Waals surface area contributed by atoms with Crippen molar-refractivity contribution in [3.63, 3.8) is 0 Å². The molecule has 3 heteroatoms. The minimum absolute atomic E-state index is 0.192. The molecule has 2 rings (SSSR count). The summed E-state index contributed by atoms with van der Waals surface area (Å²) < 4.78 is 4.81. The summed E-state index contributed by atoms with van der Waals surface area (Å²) in [5.74, 6) is 0.413. The van der Waals surface area contributed by atoms with Crippen molar-refractivity contribution in [1.82, 2.24) is 4.98 Å². The lowest BCUT2D eigenvalue weighted by molar-refractivity contribution is -0.131. The van der Waals surface area contributed by atoms with Crippen LogP contribution in [0.3, 0.4) is 0 Å². The summed E-state index contributed by atoms with van der Waals surface area (Å²) in [6.45, 7) is 0. The van der Waals surface area contributed by atoms with E-state index in [0.717, 1.165) is 5.56 Å². The highest BCUT2D eigenvalue weighted by atomic mass is 16.5. The molecule has 1 aromatic heterocycles. The van der Waals surface area contributed by atoms with E-state index in [4.69, 9.17) is 4.74 Å². The van der Waals surface area contributed by atoms with Gasteiger partial charge in [0.05, 0.1) is 12.6 Å². The molecule has 0 saturated heterocycles. The normalized spacial score (nSPS) is 14.6. The molecular weight excluding hydrogens is 130 g/mol. The third-order valence-electron chi connectivity index (χ3n) is 1.43. The lowest BCUT2D eigenvalue weighted by atomic mass is 10.2. The number of rotatable bonds is 0. The smallest absolute Gasteiger partial charge is 0.315 e. The number of nitrogens with zero attached hydrogens (tertiary/aromatic N) is 1. The lowest BCUT2D eigenvalue weighted by Gasteiger charge is -1.91. The average molecular weight is 135 g/mol. The molecule has 0 saturated carbocycles. The van der Waals surface area contributed by atoms with Crippen molar-refractivity contribution >= 4 is 5.97 Å². The molecule has 0 amide bonds. The van der Waals surface area contributed by atoms with Gasteiger partial charge < -0.3 is 4.74 Å². The van der Waals surface area contributed by atoms with Gasteiger partial charge in [0, 0.05) is 11.8 Å². The third kappa shape index (κ3) is 0.673. The van der Waals surface area contributed by atoms with Crippen LogP contribution in [0.1, 0.15) is 5.56 Å². The van der Waals surface area contributed by atoms with Crippen molar-refractivity contribution in [2.24, 2.45) is 0 Å². The highest BCUT2D eigenvalue weighted by Crippen LogP contribution is 2.23. The topological polar surface area (TPSA) is 39.2 Å². The van der Waals surface area contributed by atoms with E-state index in [1.54, 1.807) is 18.5 Å². The monoisotopic (exact) mass is 135 g/mol. The number of fused-ring (bicyclic) bond motifs is 1. The van der Waals surface area contributed by atoms with Crippen LogP contribution in [-0.2, 0) is 11.2 Å². The molecule has 0 radical (unpaired) electrons. The Hall–Kier alpha value is -1.38. The van der Waals surface area contributed by atoms with Gasteiger partial charge in [0.1, 0.15) is 0 Å². The Morgan fingerprint density at radius 3 is 3.30 bits per heavy atom. The summed E-state index contributed by atoms with van der Waals surface area (Å²) in [7, 11) is 0. The molecule has 2 heterocycles. The third-order valence-corrected chi connectivity index (χ3v) is 1.43. The van der Waals surface area contributed by atoms with Crippen LogP contribution in [0, 0.1) is 0 Å². The summed E-state index contributed by atoms with van der Waals surface area (Å²) in [6.07, 6.45) is 3.60. The minimum atomic E-state index is -0.192. The van der Waals surface area contributed by atoms with Gasteiger partial charge in [0.25, 0.3) is 0 Å². The van der Waals surface area contributed by atoms with Gasteiger partial charge in [0.15, 0.2) is 5.75 Å². The van der Waals surface area contributed by atoms with Crippen LogP contribution in [0.2, 0.25) is 0 Å². The second-order valence-electron chi connectivity index (χ2n) is 2.13. The zero-order valence-electron chi connectivity index (χ0n) is 5.20. The summed E-state index contributed by atoms with van der Waals surface area (Å²) in [5, 5.41) is 0. The second kappa shape index (κ2) is 1.80. The molecule has 10 heavy (non-hydrogen) atoms. The number of carbonyl (C=O) groups is 1. The van der Waals surface area contributed by atoms with E-state index in [1.807, 2.05) is 0 Å². The fourth-order valence-electron chi connectivity index (χ4n) is 0.961. The van der Waals surface area contributed by atoms with Gasteiger partial charge in [-0.25, -0.2) is 0 Å². The van der Waals surface area contributed by atoms with Crippen LogP contribution in [0.4, 0.5) is 0 Å². The maximum absolute atomic E-state index is 10.6. The predicted molar refractivity (Wildman–Crippen MR) is 33.6 cm³/mol. The Morgan fingerprint density at radius 2 is 2.50 bits per heavy atom. The molecule has 0 atom stereocenters. The van der Waals surface area contributed by atoms with Gasteiger partial charge in [0.2, 0.25) is 0 Å². The first kappa shape index (κ1) is 5.41. The fourth-order valence-corrected chi connectivity index (χ4v) is 0.961. The number of carbonyl (C=O) groups excluding carboxylic acids is 1. The van der Waals surface area contributed by atoms with Crippen molar-refractivity contribution in [3.05, 3.63) is 24.0 Å². The van der Waals surface area contributed by atoms with Crippen molar-refractivity contribution in [2.45, 2.75) is 6.42 Å². The van der Waals surface area contributed by atoms with Crippen LogP contribution in [-0.4, -0.2) is 11.0 Å². The van der Waals surface area contributed by atoms with Crippen LogP contribution < -0.4 is 4.74 Å². The van der Waals surface area contributed by atoms with E-state index in [2.05, 4.69) is 4.98 Å². The quantitative estimate of drug-likeness (QED) is 0.487. The van der Waals surface area contributed by atoms with Gasteiger partial charge >= 0.3 is 5.97 Å². The van der Waals surface area contributed by atoms with E-state index in [0.29, 0.717) is 12.2 Å². The molecule has 0 spiro atoms. The second-order valence-corrected chi connectivity index (χ2v) is 2.13. The zero-order valence-corrected chi connectivity index (χ0v) is 5.20. The number of hydrogen-bond donors (Lipinski definition) is 0. The molecule has 3 nitrogen and oxygen atoms in total. The molecule has 0 aliphatic carbocycles. The summed E-state index contributed by atoms with van der Waals surface area (Å²) in [5.41, 5.74) is 0.931. The molecule has 0 aromatic carbocycles. The van der Waals surface area contributed by atoms with E-state index < -0.39 is 0 Å². The van der Waals surface area contributed by atoms with Crippen LogP contribution in [0.25, 0.3) is 0 Å². The molecule has 1 aliphatic rings. The van der Waals surface area contributed by atoms with Crippen molar-refractivity contribution in [2.75, 3.05) is 0 Å². The number of hydrogen-bond acceptors (Lipinski definition) is 3. The average Bonchev–Trinajstić information content (AvgIpc) is 2.27. The first-order chi connectivity index (χ1) is 4.86. The van der Waals surface area contributed by atoms with Crippen molar-refractivity contribution < 1.29 is 9.53 Å².